The van der Waals surface area contributed by atoms with Crippen LogP contribution in [0.5, 0.6) is 6.01 Å². The molecule has 5 N–H and O–H groups in total. The van der Waals surface area contributed by atoms with Crippen LogP contribution in [-0.2, 0) is 25.2 Å². The minimum Gasteiger partial charge on any atom is -0.454 e. The van der Waals surface area contributed by atoms with E-state index in [-0.39, 0.29) is 34.4 Å². The first-order valence-electron chi connectivity index (χ1n) is 16.6. The molecule has 14 nitrogen and oxygen atoms in total. The number of ether oxygens (including phenoxy) is 1. The molecule has 0 aliphatic heterocycles. The zero-order chi connectivity index (χ0) is 39.9. The van der Waals surface area contributed by atoms with Gasteiger partial charge in [-0.15, -0.1) is 0 Å². The number of anilines is 3. The summed E-state index contributed by atoms with van der Waals surface area (Å²) in [4.78, 5) is 51.8. The van der Waals surface area contributed by atoms with Crippen molar-refractivity contribution in [1.29, 1.82) is 0 Å². The molecule has 2 atom stereocenters. The maximum absolute atomic E-state index is 13.3. The van der Waals surface area contributed by atoms with E-state index in [0.717, 1.165) is 5.56 Å². The Labute approximate surface area is 328 Å². The summed E-state index contributed by atoms with van der Waals surface area (Å²) in [5.41, 5.74) is -1.64. The van der Waals surface area contributed by atoms with Crippen LogP contribution in [0.1, 0.15) is 69.8 Å². The van der Waals surface area contributed by atoms with E-state index in [1.807, 2.05) is 34.7 Å². The number of hydrogen-bond donors (Lipinski definition) is 5. The maximum atomic E-state index is 13.3. The Morgan fingerprint density at radius 2 is 1.54 bits per heavy atom. The number of benzene rings is 2. The first-order valence-corrected chi connectivity index (χ1v) is 19.7. The second-order valence-corrected chi connectivity index (χ2v) is 19.2. The molecule has 292 valence electrons. The number of halogens is 5. The van der Waals surface area contributed by atoms with Crippen molar-refractivity contribution < 1.29 is 40.7 Å². The number of hydrogen-bond acceptors (Lipinski definition) is 11. The van der Waals surface area contributed by atoms with E-state index < -0.39 is 67.8 Å². The molecule has 2 aliphatic carbocycles. The molecule has 0 radical (unpaired) electrons. The number of carbonyl (C=O) groups is 3. The summed E-state index contributed by atoms with van der Waals surface area (Å²) in [7, 11) is -4.01. The molecule has 3 amide bonds. The van der Waals surface area contributed by atoms with Crippen molar-refractivity contribution in [2.75, 3.05) is 23.8 Å². The van der Waals surface area contributed by atoms with E-state index in [1.54, 1.807) is 26.0 Å². The molecule has 2 aromatic carbocycles. The SMILES string of the molecule is CC(C)(CNC(=O)c1ccc(Nc2nc(NC3(c4ccc(Cl)cc4)CC3)nc(OCC(F)(F)F)n2)cc1)C(=O)N[C@]1(C(=O)NS(=O)(=O)C(C)(C)C)C[C@H]1I. The van der Waals surface area contributed by atoms with Gasteiger partial charge in [-0.3, -0.25) is 19.1 Å². The summed E-state index contributed by atoms with van der Waals surface area (Å²) in [5.74, 6) is -2.03. The summed E-state index contributed by atoms with van der Waals surface area (Å²) in [6.45, 7) is 5.76. The normalized spacial score (nSPS) is 19.3. The highest BCUT2D eigenvalue weighted by atomic mass is 127. The summed E-state index contributed by atoms with van der Waals surface area (Å²) >= 11 is 8.01. The zero-order valence-corrected chi connectivity index (χ0v) is 33.6. The van der Waals surface area contributed by atoms with Crippen molar-refractivity contribution in [2.24, 2.45) is 5.41 Å². The summed E-state index contributed by atoms with van der Waals surface area (Å²) in [5, 5.41) is 12.0. The minimum atomic E-state index is -4.63. The molecule has 54 heavy (non-hydrogen) atoms. The zero-order valence-electron chi connectivity index (χ0n) is 29.8. The number of aromatic nitrogens is 3. The fraction of sp³-hybridized carbons (Fsp3) is 0.471. The number of nitrogens with zero attached hydrogens (tertiary/aromatic N) is 3. The quantitative estimate of drug-likeness (QED) is 0.103. The van der Waals surface area contributed by atoms with Crippen LogP contribution < -0.4 is 30.7 Å². The van der Waals surface area contributed by atoms with Crippen LogP contribution in [0.2, 0.25) is 5.02 Å². The lowest BCUT2D eigenvalue weighted by Gasteiger charge is -2.28. The van der Waals surface area contributed by atoms with E-state index >= 15 is 0 Å². The van der Waals surface area contributed by atoms with Crippen LogP contribution in [-0.4, -0.2) is 74.6 Å². The van der Waals surface area contributed by atoms with Crippen LogP contribution in [0, 0.1) is 5.41 Å². The number of nitrogens with one attached hydrogen (secondary N) is 5. The molecule has 0 bridgehead atoms. The third kappa shape index (κ3) is 9.81. The highest BCUT2D eigenvalue weighted by Crippen LogP contribution is 2.48. The monoisotopic (exact) mass is 906 g/mol. The molecule has 20 heteroatoms. The standard InChI is InChI=1S/C34H39ClF3IN8O6S/c1-30(2,3)54(51,52)47-26(50)33(16-23(33)39)45-25(49)31(4,5)17-40-24(48)19-6-12-22(13-7-19)41-27-42-28(44-29(43-27)53-18-34(36,37)38)46-32(14-15-32)20-8-10-21(35)11-9-20/h6-13,23H,14-18H2,1-5H3,(H,40,48)(H,45,49)(H,47,50)(H2,41,42,43,44,46)/t23-,33-/m1/s1. The van der Waals surface area contributed by atoms with Crippen LogP contribution in [0.25, 0.3) is 0 Å². The lowest BCUT2D eigenvalue weighted by Crippen LogP contribution is -2.57. The number of amides is 3. The molecule has 2 aliphatic rings. The van der Waals surface area contributed by atoms with Gasteiger partial charge in [0.1, 0.15) is 5.54 Å². The van der Waals surface area contributed by atoms with Crippen molar-refractivity contribution in [2.45, 2.75) is 79.8 Å². The predicted octanol–water partition coefficient (Wildman–Crippen LogP) is 5.37. The third-order valence-electron chi connectivity index (χ3n) is 8.84. The minimum absolute atomic E-state index is 0.0167. The largest absolute Gasteiger partial charge is 0.454 e. The van der Waals surface area contributed by atoms with Gasteiger partial charge in [-0.2, -0.15) is 28.1 Å². The van der Waals surface area contributed by atoms with Crippen molar-refractivity contribution >= 4 is 79.5 Å². The van der Waals surface area contributed by atoms with E-state index in [1.165, 1.54) is 45.0 Å². The van der Waals surface area contributed by atoms with Gasteiger partial charge in [0, 0.05) is 26.7 Å². The average molecular weight is 907 g/mol. The molecule has 2 saturated carbocycles. The van der Waals surface area contributed by atoms with Gasteiger partial charge < -0.3 is 26.0 Å². The van der Waals surface area contributed by atoms with Gasteiger partial charge in [0.05, 0.1) is 15.7 Å². The molecule has 1 aromatic heterocycles. The van der Waals surface area contributed by atoms with Gasteiger partial charge >= 0.3 is 12.2 Å². The second-order valence-electron chi connectivity index (χ2n) is 14.8. The Bertz CT molecular complexity index is 2030. The average Bonchev–Trinajstić information content (AvgIpc) is 3.99. The lowest BCUT2D eigenvalue weighted by molar-refractivity contribution is -0.154. The molecule has 2 fully saturated rings. The molecular weight excluding hydrogens is 868 g/mol. The Morgan fingerprint density at radius 1 is 0.944 bits per heavy atom. The van der Waals surface area contributed by atoms with Gasteiger partial charge in [-0.25, -0.2) is 8.42 Å². The summed E-state index contributed by atoms with van der Waals surface area (Å²) < 4.78 is 69.4. The smallest absolute Gasteiger partial charge is 0.422 e. The molecule has 0 spiro atoms. The predicted molar refractivity (Wildman–Crippen MR) is 203 cm³/mol. The first-order chi connectivity index (χ1) is 24.9. The van der Waals surface area contributed by atoms with Gasteiger partial charge in [-0.1, -0.05) is 46.3 Å². The van der Waals surface area contributed by atoms with E-state index in [0.29, 0.717) is 23.6 Å². The number of rotatable bonds is 14. The van der Waals surface area contributed by atoms with Crippen LogP contribution in [0.4, 0.5) is 30.8 Å². The number of carbonyl (C=O) groups excluding carboxylic acids is 3. The molecule has 0 saturated heterocycles. The first kappa shape index (κ1) is 41.2. The van der Waals surface area contributed by atoms with E-state index in [9.17, 15) is 36.0 Å². The third-order valence-corrected chi connectivity index (χ3v) is 12.7. The van der Waals surface area contributed by atoms with Crippen molar-refractivity contribution in [1.82, 2.24) is 30.3 Å². The van der Waals surface area contributed by atoms with Gasteiger partial charge in [0.2, 0.25) is 27.8 Å². The summed E-state index contributed by atoms with van der Waals surface area (Å²) in [6.07, 6.45) is -2.96. The van der Waals surface area contributed by atoms with Crippen molar-refractivity contribution in [3.63, 3.8) is 0 Å². The van der Waals surface area contributed by atoms with Gasteiger partial charge in [-0.05, 0) is 95.8 Å². The second kappa shape index (κ2) is 14.9. The highest BCUT2D eigenvalue weighted by Gasteiger charge is 2.62. The van der Waals surface area contributed by atoms with Crippen LogP contribution >= 0.6 is 34.2 Å². The lowest BCUT2D eigenvalue weighted by atomic mass is 9.91. The molecule has 3 aromatic rings. The molecular formula is C34H39ClF3IN8O6S. The van der Waals surface area contributed by atoms with E-state index in [4.69, 9.17) is 16.3 Å². The topological polar surface area (TPSA) is 193 Å². The highest BCUT2D eigenvalue weighted by molar-refractivity contribution is 14.1. The Morgan fingerprint density at radius 3 is 2.07 bits per heavy atom. The van der Waals surface area contributed by atoms with Gasteiger partial charge in [0.25, 0.3) is 11.8 Å². The summed E-state index contributed by atoms with van der Waals surface area (Å²) in [6, 6.07) is 12.6. The van der Waals surface area contributed by atoms with E-state index in [2.05, 4.69) is 40.9 Å². The fourth-order valence-electron chi connectivity index (χ4n) is 4.97. The van der Waals surface area contributed by atoms with Gasteiger partial charge in [0.15, 0.2) is 6.61 Å². The van der Waals surface area contributed by atoms with Crippen LogP contribution in [0.15, 0.2) is 48.5 Å². The maximum Gasteiger partial charge on any atom is 0.422 e. The van der Waals surface area contributed by atoms with Crippen molar-refractivity contribution in [3.05, 3.63) is 64.7 Å². The van der Waals surface area contributed by atoms with Crippen molar-refractivity contribution in [3.8, 4) is 6.01 Å². The molecule has 1 heterocycles. The van der Waals surface area contributed by atoms with Crippen LogP contribution in [0.3, 0.4) is 0 Å². The Kier molecular flexibility index (Phi) is 11.4. The molecule has 5 rings (SSSR count). The number of sulfonamides is 1. The fourth-order valence-corrected chi connectivity index (χ4v) is 6.97. The number of alkyl halides is 4. The Balaban J connectivity index is 1.22. The Hall–Kier alpha value is -3.98. The molecule has 0 unspecified atom stereocenters.